The van der Waals surface area contributed by atoms with E-state index in [0.717, 1.165) is 16.8 Å². The molecule has 0 spiro atoms. The molecule has 0 saturated carbocycles. The molecule has 3 heterocycles. The summed E-state index contributed by atoms with van der Waals surface area (Å²) in [4.78, 5) is 32.1. The summed E-state index contributed by atoms with van der Waals surface area (Å²) in [6, 6.07) is 17.7. The molecule has 5 rings (SSSR count). The number of hydrogen-bond acceptors (Lipinski definition) is 4. The van der Waals surface area contributed by atoms with Gasteiger partial charge in [0.2, 0.25) is 0 Å². The molecule has 0 radical (unpaired) electrons. The van der Waals surface area contributed by atoms with Gasteiger partial charge in [-0.15, -0.1) is 0 Å². The fourth-order valence-electron chi connectivity index (χ4n) is 4.07. The maximum absolute atomic E-state index is 13.2. The van der Waals surface area contributed by atoms with Crippen LogP contribution < -0.4 is 0 Å². The van der Waals surface area contributed by atoms with Gasteiger partial charge >= 0.3 is 0 Å². The summed E-state index contributed by atoms with van der Waals surface area (Å²) in [6.07, 6.45) is 2.13. The molecule has 0 saturated heterocycles. The molecule has 6 nitrogen and oxygen atoms in total. The second-order valence-corrected chi connectivity index (χ2v) is 7.53. The van der Waals surface area contributed by atoms with Crippen molar-refractivity contribution in [2.45, 2.75) is 20.3 Å². The summed E-state index contributed by atoms with van der Waals surface area (Å²) in [5.41, 5.74) is 5.08. The number of aromatic nitrogens is 3. The van der Waals surface area contributed by atoms with Gasteiger partial charge in [0.05, 0.1) is 27.9 Å². The zero-order valence-corrected chi connectivity index (χ0v) is 16.8. The van der Waals surface area contributed by atoms with Crippen LogP contribution in [0.25, 0.3) is 16.7 Å². The van der Waals surface area contributed by atoms with Crippen LogP contribution in [0.2, 0.25) is 0 Å². The van der Waals surface area contributed by atoms with Crippen LogP contribution in [-0.4, -0.2) is 38.0 Å². The standard InChI is InChI=1S/C24H20N4O2/c1-15-8-6-7-11-19(15)28-22-20(16(2)26-28)21-18(14-25-22)23(29)27(24(21)30)13-12-17-9-4-3-5-10-17/h3-11,14H,12-13H2,1-2H3. The number of carbonyl (C=O) groups is 2. The highest BCUT2D eigenvalue weighted by atomic mass is 16.2. The number of amides is 2. The van der Waals surface area contributed by atoms with Gasteiger partial charge in [0, 0.05) is 12.7 Å². The molecule has 0 atom stereocenters. The first-order valence-electron chi connectivity index (χ1n) is 9.90. The summed E-state index contributed by atoms with van der Waals surface area (Å²) >= 11 is 0. The molecule has 30 heavy (non-hydrogen) atoms. The number of rotatable bonds is 4. The molecule has 1 aliphatic heterocycles. The molecule has 0 N–H and O–H groups in total. The van der Waals surface area contributed by atoms with Gasteiger partial charge in [0.25, 0.3) is 11.8 Å². The lowest BCUT2D eigenvalue weighted by atomic mass is 10.1. The fraction of sp³-hybridized carbons (Fsp3) is 0.167. The zero-order valence-electron chi connectivity index (χ0n) is 16.8. The van der Waals surface area contributed by atoms with E-state index in [1.54, 1.807) is 4.68 Å². The smallest absolute Gasteiger partial charge is 0.263 e. The summed E-state index contributed by atoms with van der Waals surface area (Å²) in [7, 11) is 0. The van der Waals surface area contributed by atoms with Crippen LogP contribution in [0.5, 0.6) is 0 Å². The Bertz CT molecular complexity index is 1310. The maximum Gasteiger partial charge on any atom is 0.263 e. The Morgan fingerprint density at radius 1 is 0.900 bits per heavy atom. The molecular weight excluding hydrogens is 376 g/mol. The van der Waals surface area contributed by atoms with Gasteiger partial charge in [0.1, 0.15) is 0 Å². The van der Waals surface area contributed by atoms with Crippen molar-refractivity contribution in [2.24, 2.45) is 0 Å². The van der Waals surface area contributed by atoms with E-state index in [2.05, 4.69) is 10.1 Å². The second-order valence-electron chi connectivity index (χ2n) is 7.53. The van der Waals surface area contributed by atoms with Crippen LogP contribution in [0, 0.1) is 13.8 Å². The predicted octanol–water partition coefficient (Wildman–Crippen LogP) is 3.88. The zero-order chi connectivity index (χ0) is 20.8. The van der Waals surface area contributed by atoms with Gasteiger partial charge in [-0.3, -0.25) is 14.5 Å². The third-order valence-electron chi connectivity index (χ3n) is 5.62. The lowest BCUT2D eigenvalue weighted by Gasteiger charge is -2.13. The van der Waals surface area contributed by atoms with E-state index in [1.165, 1.54) is 11.1 Å². The first-order valence-corrected chi connectivity index (χ1v) is 9.90. The summed E-state index contributed by atoms with van der Waals surface area (Å²) in [5.74, 6) is -0.561. The van der Waals surface area contributed by atoms with E-state index in [0.29, 0.717) is 40.8 Å². The Morgan fingerprint density at radius 3 is 2.40 bits per heavy atom. The molecule has 2 aromatic heterocycles. The highest BCUT2D eigenvalue weighted by Crippen LogP contribution is 2.32. The van der Waals surface area contributed by atoms with E-state index < -0.39 is 0 Å². The Labute approximate surface area is 173 Å². The second kappa shape index (κ2) is 6.91. The molecular formula is C24H20N4O2. The van der Waals surface area contributed by atoms with E-state index >= 15 is 0 Å². The monoisotopic (exact) mass is 396 g/mol. The van der Waals surface area contributed by atoms with Gasteiger partial charge in [-0.25, -0.2) is 9.67 Å². The van der Waals surface area contributed by atoms with Crippen LogP contribution in [0.3, 0.4) is 0 Å². The van der Waals surface area contributed by atoms with E-state index in [1.807, 2.05) is 68.4 Å². The molecule has 0 aliphatic carbocycles. The van der Waals surface area contributed by atoms with Gasteiger partial charge in [-0.2, -0.15) is 5.10 Å². The largest absolute Gasteiger partial charge is 0.274 e. The van der Waals surface area contributed by atoms with Crippen molar-refractivity contribution >= 4 is 22.8 Å². The van der Waals surface area contributed by atoms with E-state index in [-0.39, 0.29) is 11.8 Å². The molecule has 4 aromatic rings. The fourth-order valence-corrected chi connectivity index (χ4v) is 4.07. The highest BCUT2D eigenvalue weighted by molar-refractivity contribution is 6.26. The van der Waals surface area contributed by atoms with Crippen molar-refractivity contribution in [3.05, 3.63) is 88.7 Å². The van der Waals surface area contributed by atoms with Crippen molar-refractivity contribution in [1.29, 1.82) is 0 Å². The minimum absolute atomic E-state index is 0.272. The highest BCUT2D eigenvalue weighted by Gasteiger charge is 2.38. The Balaban J connectivity index is 1.57. The molecule has 2 aromatic carbocycles. The molecule has 1 aliphatic rings. The van der Waals surface area contributed by atoms with Gasteiger partial charge < -0.3 is 0 Å². The predicted molar refractivity (Wildman–Crippen MR) is 114 cm³/mol. The van der Waals surface area contributed by atoms with Crippen molar-refractivity contribution < 1.29 is 9.59 Å². The summed E-state index contributed by atoms with van der Waals surface area (Å²) < 4.78 is 1.75. The first-order chi connectivity index (χ1) is 14.6. The topological polar surface area (TPSA) is 68.1 Å². The van der Waals surface area contributed by atoms with Crippen LogP contribution >= 0.6 is 0 Å². The van der Waals surface area contributed by atoms with Gasteiger partial charge in [0.15, 0.2) is 5.65 Å². The quantitative estimate of drug-likeness (QED) is 0.491. The minimum Gasteiger partial charge on any atom is -0.274 e. The number of benzene rings is 2. The van der Waals surface area contributed by atoms with Gasteiger partial charge in [-0.1, -0.05) is 48.5 Å². The third-order valence-corrected chi connectivity index (χ3v) is 5.62. The maximum atomic E-state index is 13.2. The molecule has 0 bridgehead atoms. The number of fused-ring (bicyclic) bond motifs is 3. The number of pyridine rings is 1. The molecule has 148 valence electrons. The van der Waals surface area contributed by atoms with Crippen LogP contribution in [-0.2, 0) is 6.42 Å². The molecule has 0 unspecified atom stereocenters. The number of hydrogen-bond donors (Lipinski definition) is 0. The number of carbonyl (C=O) groups excluding carboxylic acids is 2. The average Bonchev–Trinajstić information content (AvgIpc) is 3.22. The summed E-state index contributed by atoms with van der Waals surface area (Å²) in [6.45, 7) is 4.19. The lowest BCUT2D eigenvalue weighted by Crippen LogP contribution is -2.31. The van der Waals surface area contributed by atoms with Crippen molar-refractivity contribution in [3.8, 4) is 5.69 Å². The first kappa shape index (κ1) is 18.2. The summed E-state index contributed by atoms with van der Waals surface area (Å²) in [5, 5.41) is 5.30. The third kappa shape index (κ3) is 2.72. The van der Waals surface area contributed by atoms with E-state index in [9.17, 15) is 9.59 Å². The van der Waals surface area contributed by atoms with Crippen molar-refractivity contribution in [2.75, 3.05) is 6.54 Å². The van der Waals surface area contributed by atoms with Gasteiger partial charge in [-0.05, 0) is 37.5 Å². The van der Waals surface area contributed by atoms with Crippen LogP contribution in [0.4, 0.5) is 0 Å². The van der Waals surface area contributed by atoms with Crippen molar-refractivity contribution in [3.63, 3.8) is 0 Å². The number of imide groups is 1. The molecule has 0 fully saturated rings. The Hall–Kier alpha value is -3.80. The van der Waals surface area contributed by atoms with Crippen LogP contribution in [0.15, 0.2) is 60.8 Å². The Morgan fingerprint density at radius 2 is 1.63 bits per heavy atom. The average molecular weight is 396 g/mol. The Kier molecular flexibility index (Phi) is 4.20. The molecule has 6 heteroatoms. The van der Waals surface area contributed by atoms with Crippen LogP contribution in [0.1, 0.15) is 37.5 Å². The minimum atomic E-state index is -0.289. The number of para-hydroxylation sites is 1. The van der Waals surface area contributed by atoms with E-state index in [4.69, 9.17) is 0 Å². The molecule has 2 amide bonds. The normalized spacial score (nSPS) is 13.3. The number of nitrogens with zero attached hydrogens (tertiary/aromatic N) is 4. The lowest BCUT2D eigenvalue weighted by molar-refractivity contribution is 0.0656. The SMILES string of the molecule is Cc1ccccc1-n1nc(C)c2c3c(cnc21)C(=O)N(CCc1ccccc1)C3=O. The number of aryl methyl sites for hydroxylation is 2. The van der Waals surface area contributed by atoms with Crippen molar-refractivity contribution in [1.82, 2.24) is 19.7 Å².